The lowest BCUT2D eigenvalue weighted by molar-refractivity contribution is -0.141. The van der Waals surface area contributed by atoms with Crippen molar-refractivity contribution in [2.45, 2.75) is 31.7 Å². The topological polar surface area (TPSA) is 75.6 Å². The monoisotopic (exact) mass is 323 g/mol. The lowest BCUT2D eigenvalue weighted by Gasteiger charge is -2.26. The summed E-state index contributed by atoms with van der Waals surface area (Å²) in [7, 11) is 0. The first-order valence-electron chi connectivity index (χ1n) is 7.47. The van der Waals surface area contributed by atoms with Gasteiger partial charge in [0.05, 0.1) is 11.8 Å². The molecule has 22 heavy (non-hydrogen) atoms. The fraction of sp³-hybridized carbons (Fsp3) is 0.500. The van der Waals surface area contributed by atoms with Gasteiger partial charge in [-0.25, -0.2) is 0 Å². The van der Waals surface area contributed by atoms with E-state index in [0.29, 0.717) is 30.9 Å². The first-order valence-corrected chi connectivity index (χ1v) is 7.85. The Hall–Kier alpha value is -1.75. The lowest BCUT2D eigenvalue weighted by atomic mass is 9.95. The van der Waals surface area contributed by atoms with Crippen molar-refractivity contribution in [2.75, 3.05) is 6.61 Å². The van der Waals surface area contributed by atoms with E-state index in [1.165, 1.54) is 0 Å². The highest BCUT2D eigenvalue weighted by molar-refractivity contribution is 6.30. The Morgan fingerprint density at radius 1 is 1.27 bits per heavy atom. The third-order valence-electron chi connectivity index (χ3n) is 4.43. The second-order valence-corrected chi connectivity index (χ2v) is 6.45. The summed E-state index contributed by atoms with van der Waals surface area (Å²) in [4.78, 5) is 23.3. The predicted molar refractivity (Wildman–Crippen MR) is 81.0 cm³/mol. The highest BCUT2D eigenvalue weighted by Crippen LogP contribution is 2.31. The van der Waals surface area contributed by atoms with Crippen molar-refractivity contribution in [3.05, 3.63) is 28.8 Å². The third-order valence-corrected chi connectivity index (χ3v) is 4.66. The molecule has 1 aromatic rings. The molecule has 2 aliphatic rings. The summed E-state index contributed by atoms with van der Waals surface area (Å²) in [5, 5.41) is 12.6. The lowest BCUT2D eigenvalue weighted by Crippen LogP contribution is -2.41. The zero-order valence-corrected chi connectivity index (χ0v) is 12.8. The van der Waals surface area contributed by atoms with Gasteiger partial charge in [0.1, 0.15) is 12.4 Å². The van der Waals surface area contributed by atoms with Gasteiger partial charge in [-0.2, -0.15) is 0 Å². The van der Waals surface area contributed by atoms with Crippen LogP contribution >= 0.6 is 11.6 Å². The molecule has 3 atom stereocenters. The van der Waals surface area contributed by atoms with Gasteiger partial charge in [-0.1, -0.05) is 11.6 Å². The Kier molecular flexibility index (Phi) is 4.25. The molecule has 0 saturated heterocycles. The molecule has 118 valence electrons. The number of ether oxygens (including phenoxy) is 1. The number of fused-ring (bicyclic) bond motifs is 1. The average molecular weight is 324 g/mol. The fourth-order valence-corrected chi connectivity index (χ4v) is 3.38. The van der Waals surface area contributed by atoms with Crippen molar-refractivity contribution in [3.63, 3.8) is 0 Å². The fourth-order valence-electron chi connectivity index (χ4n) is 3.19. The van der Waals surface area contributed by atoms with E-state index in [1.54, 1.807) is 6.07 Å². The van der Waals surface area contributed by atoms with Gasteiger partial charge in [-0.15, -0.1) is 0 Å². The van der Waals surface area contributed by atoms with Crippen molar-refractivity contribution < 1.29 is 19.4 Å². The Bertz CT molecular complexity index is 604. The molecule has 1 unspecified atom stereocenters. The standard InChI is InChI=1S/C16H18ClNO4/c17-12-2-4-14-10(6-12)5-11(8-22-14)15(19)18-13-3-1-9(7-13)16(20)21/h2,4,6,9,11,13H,1,3,5,7-8H2,(H,18,19)(H,20,21)/t9-,11?,13+/m1/s1. The molecule has 1 aliphatic carbocycles. The van der Waals surface area contributed by atoms with Crippen LogP contribution in [0.15, 0.2) is 18.2 Å². The molecule has 6 heteroatoms. The Morgan fingerprint density at radius 2 is 2.09 bits per heavy atom. The van der Waals surface area contributed by atoms with Crippen molar-refractivity contribution in [1.29, 1.82) is 0 Å². The zero-order chi connectivity index (χ0) is 15.7. The molecular weight excluding hydrogens is 306 g/mol. The first-order chi connectivity index (χ1) is 10.5. The maximum absolute atomic E-state index is 12.4. The molecule has 1 aliphatic heterocycles. The Morgan fingerprint density at radius 3 is 2.82 bits per heavy atom. The van der Waals surface area contributed by atoms with Crippen LogP contribution in [0.5, 0.6) is 5.75 Å². The molecule has 1 aromatic carbocycles. The number of carbonyl (C=O) groups excluding carboxylic acids is 1. The van der Waals surface area contributed by atoms with Crippen LogP contribution in [-0.4, -0.2) is 29.6 Å². The summed E-state index contributed by atoms with van der Waals surface area (Å²) >= 11 is 5.98. The second-order valence-electron chi connectivity index (χ2n) is 6.02. The van der Waals surface area contributed by atoms with Gasteiger partial charge in [0.15, 0.2) is 0 Å². The van der Waals surface area contributed by atoms with E-state index in [9.17, 15) is 9.59 Å². The van der Waals surface area contributed by atoms with Crippen molar-refractivity contribution in [3.8, 4) is 5.75 Å². The molecule has 3 rings (SSSR count). The summed E-state index contributed by atoms with van der Waals surface area (Å²) in [5.41, 5.74) is 0.939. The third kappa shape index (κ3) is 3.19. The van der Waals surface area contributed by atoms with Crippen LogP contribution in [0.4, 0.5) is 0 Å². The number of nitrogens with one attached hydrogen (secondary N) is 1. The van der Waals surface area contributed by atoms with Crippen molar-refractivity contribution in [1.82, 2.24) is 5.32 Å². The molecule has 2 N–H and O–H groups in total. The van der Waals surface area contributed by atoms with Crippen LogP contribution in [0.1, 0.15) is 24.8 Å². The van der Waals surface area contributed by atoms with Gasteiger partial charge in [-0.3, -0.25) is 9.59 Å². The van der Waals surface area contributed by atoms with E-state index in [1.807, 2.05) is 12.1 Å². The number of halogens is 1. The molecule has 1 amide bonds. The zero-order valence-electron chi connectivity index (χ0n) is 12.0. The molecule has 1 heterocycles. The Balaban J connectivity index is 1.59. The van der Waals surface area contributed by atoms with Crippen LogP contribution in [0.2, 0.25) is 5.02 Å². The summed E-state index contributed by atoms with van der Waals surface area (Å²) in [6.07, 6.45) is 2.45. The number of hydrogen-bond acceptors (Lipinski definition) is 3. The number of hydrogen-bond donors (Lipinski definition) is 2. The van der Waals surface area contributed by atoms with Crippen LogP contribution in [0.25, 0.3) is 0 Å². The van der Waals surface area contributed by atoms with Crippen LogP contribution in [0, 0.1) is 11.8 Å². The summed E-state index contributed by atoms with van der Waals surface area (Å²) in [5.74, 6) is -0.662. The van der Waals surface area contributed by atoms with E-state index in [4.69, 9.17) is 21.4 Å². The minimum absolute atomic E-state index is 0.0469. The number of carboxylic acids is 1. The second kappa shape index (κ2) is 6.16. The summed E-state index contributed by atoms with van der Waals surface area (Å²) in [6.45, 7) is 0.343. The van der Waals surface area contributed by atoms with Gasteiger partial charge < -0.3 is 15.2 Å². The minimum atomic E-state index is -0.777. The van der Waals surface area contributed by atoms with Crippen LogP contribution in [-0.2, 0) is 16.0 Å². The van der Waals surface area contributed by atoms with Gasteiger partial charge in [0, 0.05) is 11.1 Å². The smallest absolute Gasteiger partial charge is 0.306 e. The number of rotatable bonds is 3. The molecule has 1 saturated carbocycles. The van der Waals surface area contributed by atoms with E-state index < -0.39 is 5.97 Å². The highest BCUT2D eigenvalue weighted by Gasteiger charge is 2.33. The number of amides is 1. The SMILES string of the molecule is O=C(N[C@H]1CC[C@@H](C(=O)O)C1)C1COc2ccc(Cl)cc2C1. The predicted octanol–water partition coefficient (Wildman–Crippen LogP) is 2.26. The van der Waals surface area contributed by atoms with Gasteiger partial charge in [0.25, 0.3) is 0 Å². The molecule has 1 fully saturated rings. The van der Waals surface area contributed by atoms with Crippen molar-refractivity contribution >= 4 is 23.5 Å². The van der Waals surface area contributed by atoms with Crippen LogP contribution < -0.4 is 10.1 Å². The molecule has 0 aromatic heterocycles. The van der Waals surface area contributed by atoms with Gasteiger partial charge in [0.2, 0.25) is 5.91 Å². The molecular formula is C16H18ClNO4. The van der Waals surface area contributed by atoms with E-state index in [-0.39, 0.29) is 23.8 Å². The molecule has 0 spiro atoms. The largest absolute Gasteiger partial charge is 0.492 e. The maximum atomic E-state index is 12.4. The molecule has 0 radical (unpaired) electrons. The molecule has 5 nitrogen and oxygen atoms in total. The van der Waals surface area contributed by atoms with Crippen LogP contribution in [0.3, 0.4) is 0 Å². The maximum Gasteiger partial charge on any atom is 0.306 e. The summed E-state index contributed by atoms with van der Waals surface area (Å²) < 4.78 is 5.62. The number of carboxylic acid groups (broad SMARTS) is 1. The van der Waals surface area contributed by atoms with Gasteiger partial charge >= 0.3 is 5.97 Å². The average Bonchev–Trinajstić information content (AvgIpc) is 2.95. The van der Waals surface area contributed by atoms with E-state index >= 15 is 0 Å². The first kappa shape index (κ1) is 15.2. The number of carbonyl (C=O) groups is 2. The highest BCUT2D eigenvalue weighted by atomic mass is 35.5. The minimum Gasteiger partial charge on any atom is -0.492 e. The quantitative estimate of drug-likeness (QED) is 0.894. The van der Waals surface area contributed by atoms with E-state index in [0.717, 1.165) is 17.7 Å². The Labute approximate surface area is 133 Å². The summed E-state index contributed by atoms with van der Waals surface area (Å²) in [6, 6.07) is 5.37. The normalized spacial score (nSPS) is 26.9. The number of aliphatic carboxylic acids is 1. The van der Waals surface area contributed by atoms with Crippen molar-refractivity contribution in [2.24, 2.45) is 11.8 Å². The number of benzene rings is 1. The van der Waals surface area contributed by atoms with Gasteiger partial charge in [-0.05, 0) is 49.4 Å². The molecule has 0 bridgehead atoms. The van der Waals surface area contributed by atoms with E-state index in [2.05, 4.69) is 5.32 Å².